The van der Waals surface area contributed by atoms with E-state index in [-0.39, 0.29) is 6.54 Å². The number of hydrogen-bond acceptors (Lipinski definition) is 5. The second-order valence-electron chi connectivity index (χ2n) is 5.81. The zero-order valence-electron chi connectivity index (χ0n) is 15.6. The van der Waals surface area contributed by atoms with Crippen LogP contribution < -0.4 is 15.4 Å². The third kappa shape index (κ3) is 6.68. The zero-order valence-corrected chi connectivity index (χ0v) is 16.4. The molecule has 0 saturated heterocycles. The number of aliphatic hydroxyl groups excluding tert-OH is 1. The van der Waals surface area contributed by atoms with E-state index in [9.17, 15) is 18.3 Å². The fourth-order valence-corrected chi connectivity index (χ4v) is 3.12. The van der Waals surface area contributed by atoms with Gasteiger partial charge in [0.25, 0.3) is 0 Å². The number of nitrogens with one attached hydrogen (secondary N) is 2. The molecule has 28 heavy (non-hydrogen) atoms. The first-order valence-electron chi connectivity index (χ1n) is 8.69. The molecule has 1 heterocycles. The Hall–Kier alpha value is -2.33. The van der Waals surface area contributed by atoms with Gasteiger partial charge in [-0.1, -0.05) is 12.1 Å². The van der Waals surface area contributed by atoms with Gasteiger partial charge >= 0.3 is 6.18 Å². The summed E-state index contributed by atoms with van der Waals surface area (Å²) in [6.07, 6.45) is -4.89. The Morgan fingerprint density at radius 1 is 1.36 bits per heavy atom. The molecule has 0 bridgehead atoms. The van der Waals surface area contributed by atoms with Crippen LogP contribution in [0.3, 0.4) is 0 Å². The van der Waals surface area contributed by atoms with Crippen LogP contribution in [0.25, 0.3) is 0 Å². The molecule has 0 aliphatic heterocycles. The van der Waals surface area contributed by atoms with Gasteiger partial charge in [-0.05, 0) is 24.6 Å². The van der Waals surface area contributed by atoms with Crippen molar-refractivity contribution >= 4 is 17.3 Å². The smallest absolute Gasteiger partial charge is 0.434 e. The molecule has 0 aliphatic carbocycles. The number of halogens is 3. The second kappa shape index (κ2) is 10.3. The van der Waals surface area contributed by atoms with Crippen molar-refractivity contribution < 1.29 is 23.0 Å². The quantitative estimate of drug-likeness (QED) is 0.456. The molecule has 6 nitrogen and oxygen atoms in total. The summed E-state index contributed by atoms with van der Waals surface area (Å²) < 4.78 is 42.9. The highest BCUT2D eigenvalue weighted by Gasteiger charge is 2.33. The van der Waals surface area contributed by atoms with E-state index in [4.69, 9.17) is 4.74 Å². The number of nitrogens with zero attached hydrogens (tertiary/aromatic N) is 2. The van der Waals surface area contributed by atoms with Gasteiger partial charge in [-0.3, -0.25) is 4.99 Å². The lowest BCUT2D eigenvalue weighted by Crippen LogP contribution is -2.38. The Labute approximate surface area is 165 Å². The van der Waals surface area contributed by atoms with Gasteiger partial charge in [-0.25, -0.2) is 4.98 Å². The van der Waals surface area contributed by atoms with Crippen LogP contribution in [0.5, 0.6) is 5.75 Å². The van der Waals surface area contributed by atoms with Crippen molar-refractivity contribution in [1.29, 1.82) is 0 Å². The van der Waals surface area contributed by atoms with E-state index in [1.165, 1.54) is 0 Å². The van der Waals surface area contributed by atoms with E-state index in [1.807, 2.05) is 6.92 Å². The van der Waals surface area contributed by atoms with Gasteiger partial charge < -0.3 is 20.5 Å². The summed E-state index contributed by atoms with van der Waals surface area (Å²) in [6.45, 7) is 2.99. The lowest BCUT2D eigenvalue weighted by atomic mass is 10.1. The summed E-state index contributed by atoms with van der Waals surface area (Å²) in [5, 5.41) is 17.8. The van der Waals surface area contributed by atoms with Gasteiger partial charge in [-0.15, -0.1) is 11.3 Å². The van der Waals surface area contributed by atoms with Crippen molar-refractivity contribution in [2.45, 2.75) is 25.6 Å². The predicted octanol–water partition coefficient (Wildman–Crippen LogP) is 3.00. The summed E-state index contributed by atoms with van der Waals surface area (Å²) in [5.74, 6) is 1.12. The number of ether oxygens (including phenoxy) is 1. The van der Waals surface area contributed by atoms with E-state index in [1.54, 1.807) is 31.4 Å². The Morgan fingerprint density at radius 3 is 2.79 bits per heavy atom. The van der Waals surface area contributed by atoms with E-state index in [0.717, 1.165) is 16.7 Å². The predicted molar refractivity (Wildman–Crippen MR) is 103 cm³/mol. The third-order valence-corrected chi connectivity index (χ3v) is 4.63. The lowest BCUT2D eigenvalue weighted by Gasteiger charge is -2.13. The number of aliphatic imine (C=N–C) groups is 1. The van der Waals surface area contributed by atoms with Crippen LogP contribution in [0.4, 0.5) is 13.2 Å². The first kappa shape index (κ1) is 22.0. The number of alkyl halides is 3. The van der Waals surface area contributed by atoms with Crippen molar-refractivity contribution in [3.05, 3.63) is 45.9 Å². The molecule has 0 aliphatic rings. The highest BCUT2D eigenvalue weighted by Crippen LogP contribution is 2.30. The highest BCUT2D eigenvalue weighted by molar-refractivity contribution is 7.09. The second-order valence-corrected chi connectivity index (χ2v) is 6.76. The molecule has 1 unspecified atom stereocenters. The van der Waals surface area contributed by atoms with Crippen LogP contribution in [0.1, 0.15) is 29.3 Å². The normalized spacial score (nSPS) is 13.3. The molecule has 1 atom stereocenters. The molecule has 0 fully saturated rings. The molecule has 0 saturated carbocycles. The average Bonchev–Trinajstić information content (AvgIpc) is 3.15. The molecule has 1 aromatic carbocycles. The molecule has 1 aromatic heterocycles. The fraction of sp³-hybridized carbons (Fsp3) is 0.444. The Morgan fingerprint density at radius 2 is 2.14 bits per heavy atom. The molecule has 3 N–H and O–H groups in total. The van der Waals surface area contributed by atoms with Gasteiger partial charge in [0.15, 0.2) is 11.7 Å². The van der Waals surface area contributed by atoms with Crippen LogP contribution in [0.2, 0.25) is 0 Å². The minimum absolute atomic E-state index is 0.123. The third-order valence-electron chi connectivity index (χ3n) is 3.72. The molecule has 0 spiro atoms. The monoisotopic (exact) mass is 416 g/mol. The maximum Gasteiger partial charge on any atom is 0.434 e. The van der Waals surface area contributed by atoms with Crippen LogP contribution in [-0.2, 0) is 12.6 Å². The van der Waals surface area contributed by atoms with Crippen molar-refractivity contribution in [2.75, 3.05) is 26.7 Å². The maximum atomic E-state index is 12.6. The Kier molecular flexibility index (Phi) is 8.06. The van der Waals surface area contributed by atoms with Crippen LogP contribution >= 0.6 is 11.3 Å². The fourth-order valence-electron chi connectivity index (χ4n) is 2.32. The SMILES string of the molecule is CCNC(=NCC(O)c1cccc(OC)c1)NCCc1nc(C(F)(F)F)cs1. The Bertz CT molecular complexity index is 780. The largest absolute Gasteiger partial charge is 0.497 e. The van der Waals surface area contributed by atoms with Crippen molar-refractivity contribution in [3.8, 4) is 5.75 Å². The van der Waals surface area contributed by atoms with Gasteiger partial charge in [-0.2, -0.15) is 13.2 Å². The van der Waals surface area contributed by atoms with Crippen molar-refractivity contribution in [2.24, 2.45) is 4.99 Å². The minimum atomic E-state index is -4.42. The van der Waals surface area contributed by atoms with Crippen LogP contribution in [-0.4, -0.2) is 42.8 Å². The summed E-state index contributed by atoms with van der Waals surface area (Å²) >= 11 is 0.977. The van der Waals surface area contributed by atoms with E-state index in [2.05, 4.69) is 20.6 Å². The first-order chi connectivity index (χ1) is 13.3. The molecule has 2 rings (SSSR count). The van der Waals surface area contributed by atoms with E-state index < -0.39 is 18.0 Å². The van der Waals surface area contributed by atoms with E-state index in [0.29, 0.717) is 41.8 Å². The number of aromatic nitrogens is 1. The molecule has 0 radical (unpaired) electrons. The highest BCUT2D eigenvalue weighted by atomic mass is 32.1. The van der Waals surface area contributed by atoms with Crippen LogP contribution in [0.15, 0.2) is 34.6 Å². The summed E-state index contributed by atoms with van der Waals surface area (Å²) in [6, 6.07) is 7.09. The number of guanidine groups is 1. The standard InChI is InChI=1S/C18H23F3N4O2S/c1-3-22-17(23-8-7-16-25-15(11-28-16)18(19,20)21)24-10-14(26)12-5-4-6-13(9-12)27-2/h4-6,9,11,14,26H,3,7-8,10H2,1-2H3,(H2,22,23,24). The average molecular weight is 416 g/mol. The molecular formula is C18H23F3N4O2S. The van der Waals surface area contributed by atoms with Crippen LogP contribution in [0, 0.1) is 0 Å². The molecule has 0 amide bonds. The summed E-state index contributed by atoms with van der Waals surface area (Å²) in [7, 11) is 1.55. The number of aliphatic hydroxyl groups is 1. The number of benzene rings is 1. The molecular weight excluding hydrogens is 393 g/mol. The molecule has 10 heteroatoms. The van der Waals surface area contributed by atoms with Gasteiger partial charge in [0, 0.05) is 24.9 Å². The summed E-state index contributed by atoms with van der Waals surface area (Å²) in [4.78, 5) is 7.92. The van der Waals surface area contributed by atoms with Crippen molar-refractivity contribution in [3.63, 3.8) is 0 Å². The maximum absolute atomic E-state index is 12.6. The number of rotatable bonds is 8. The number of hydrogen-bond donors (Lipinski definition) is 3. The Balaban J connectivity index is 1.90. The molecule has 2 aromatic rings. The van der Waals surface area contributed by atoms with E-state index >= 15 is 0 Å². The first-order valence-corrected chi connectivity index (χ1v) is 9.57. The van der Waals surface area contributed by atoms with Crippen molar-refractivity contribution in [1.82, 2.24) is 15.6 Å². The topological polar surface area (TPSA) is 78.8 Å². The zero-order chi connectivity index (χ0) is 20.6. The lowest BCUT2D eigenvalue weighted by molar-refractivity contribution is -0.140. The van der Waals surface area contributed by atoms with Gasteiger partial charge in [0.1, 0.15) is 5.75 Å². The summed E-state index contributed by atoms with van der Waals surface area (Å²) in [5.41, 5.74) is -0.184. The number of thiazole rings is 1. The van der Waals surface area contributed by atoms with Gasteiger partial charge in [0.2, 0.25) is 0 Å². The van der Waals surface area contributed by atoms with Gasteiger partial charge in [0.05, 0.1) is 24.8 Å². The minimum Gasteiger partial charge on any atom is -0.497 e. The number of methoxy groups -OCH3 is 1. The molecule has 154 valence electrons.